The number of carbonyl (C=O) groups is 1. The highest BCUT2D eigenvalue weighted by atomic mass is 16.5. The second kappa shape index (κ2) is 8.56. The monoisotopic (exact) mass is 386 g/mol. The van der Waals surface area contributed by atoms with E-state index in [9.17, 15) is 4.79 Å². The number of hydrogen-bond acceptors (Lipinski definition) is 4. The predicted molar refractivity (Wildman–Crippen MR) is 112 cm³/mol. The minimum atomic E-state index is -0.140. The van der Waals surface area contributed by atoms with Crippen LogP contribution in [-0.2, 0) is 13.1 Å². The van der Waals surface area contributed by atoms with Crippen molar-refractivity contribution >= 4 is 16.9 Å². The van der Waals surface area contributed by atoms with Crippen LogP contribution >= 0.6 is 0 Å². The van der Waals surface area contributed by atoms with Crippen molar-refractivity contribution in [3.05, 3.63) is 89.5 Å². The second-order valence-electron chi connectivity index (χ2n) is 6.70. The van der Waals surface area contributed by atoms with Crippen LogP contribution in [0.5, 0.6) is 5.75 Å². The fourth-order valence-electron chi connectivity index (χ4n) is 3.14. The molecule has 0 saturated heterocycles. The minimum Gasteiger partial charge on any atom is -0.494 e. The molecule has 0 aliphatic rings. The van der Waals surface area contributed by atoms with Crippen LogP contribution in [0.1, 0.15) is 28.4 Å². The molecule has 0 bridgehead atoms. The van der Waals surface area contributed by atoms with Gasteiger partial charge in [-0.1, -0.05) is 47.7 Å². The number of benzene rings is 3. The van der Waals surface area contributed by atoms with Gasteiger partial charge < -0.3 is 10.1 Å². The first kappa shape index (κ1) is 18.7. The third kappa shape index (κ3) is 4.43. The van der Waals surface area contributed by atoms with E-state index in [1.54, 1.807) is 12.1 Å². The van der Waals surface area contributed by atoms with Crippen LogP contribution in [0.25, 0.3) is 11.0 Å². The molecule has 3 aromatic carbocycles. The number of ether oxygens (including phenoxy) is 1. The van der Waals surface area contributed by atoms with E-state index in [1.807, 2.05) is 60.1 Å². The van der Waals surface area contributed by atoms with Crippen LogP contribution in [0, 0.1) is 0 Å². The highest BCUT2D eigenvalue weighted by molar-refractivity contribution is 5.97. The standard InChI is InChI=1S/C23H22N4O2/c1-2-29-20-11-8-17(9-12-20)15-24-23(28)19-10-13-22-21(14-19)25-26-27(22)16-18-6-4-3-5-7-18/h3-14H,2,15-16H2,1H3,(H,24,28). The van der Waals surface area contributed by atoms with Gasteiger partial charge in [0.2, 0.25) is 0 Å². The molecular weight excluding hydrogens is 364 g/mol. The smallest absolute Gasteiger partial charge is 0.251 e. The average Bonchev–Trinajstić information content (AvgIpc) is 3.16. The number of hydrogen-bond donors (Lipinski definition) is 1. The van der Waals surface area contributed by atoms with Gasteiger partial charge in [0.05, 0.1) is 18.7 Å². The zero-order chi connectivity index (χ0) is 20.1. The van der Waals surface area contributed by atoms with Gasteiger partial charge in [0.25, 0.3) is 5.91 Å². The van der Waals surface area contributed by atoms with Crippen LogP contribution < -0.4 is 10.1 Å². The molecule has 0 aliphatic carbocycles. The van der Waals surface area contributed by atoms with Gasteiger partial charge in [0, 0.05) is 12.1 Å². The van der Waals surface area contributed by atoms with Gasteiger partial charge in [-0.25, -0.2) is 4.68 Å². The third-order valence-electron chi connectivity index (χ3n) is 4.64. The molecule has 1 N–H and O–H groups in total. The Labute approximate surface area is 169 Å². The van der Waals surface area contributed by atoms with E-state index in [0.29, 0.717) is 30.8 Å². The maximum absolute atomic E-state index is 12.5. The Morgan fingerprint density at radius 1 is 1.00 bits per heavy atom. The van der Waals surface area contributed by atoms with Crippen molar-refractivity contribution in [3.8, 4) is 5.75 Å². The zero-order valence-corrected chi connectivity index (χ0v) is 16.2. The molecule has 1 amide bonds. The summed E-state index contributed by atoms with van der Waals surface area (Å²) in [7, 11) is 0. The summed E-state index contributed by atoms with van der Waals surface area (Å²) in [5.41, 5.74) is 4.33. The molecule has 0 atom stereocenters. The summed E-state index contributed by atoms with van der Waals surface area (Å²) >= 11 is 0. The first-order chi connectivity index (χ1) is 14.2. The number of aromatic nitrogens is 3. The van der Waals surface area contributed by atoms with Crippen molar-refractivity contribution in [1.29, 1.82) is 0 Å². The highest BCUT2D eigenvalue weighted by Crippen LogP contribution is 2.16. The molecule has 0 saturated carbocycles. The average molecular weight is 386 g/mol. The first-order valence-corrected chi connectivity index (χ1v) is 9.60. The molecule has 146 valence electrons. The fourth-order valence-corrected chi connectivity index (χ4v) is 3.14. The Kier molecular flexibility index (Phi) is 5.52. The summed E-state index contributed by atoms with van der Waals surface area (Å²) in [6.07, 6.45) is 0. The normalized spacial score (nSPS) is 10.8. The van der Waals surface area contributed by atoms with Gasteiger partial charge in [-0.15, -0.1) is 5.10 Å². The SMILES string of the molecule is CCOc1ccc(CNC(=O)c2ccc3c(c2)nnn3Cc2ccccc2)cc1. The molecule has 1 heterocycles. The van der Waals surface area contributed by atoms with Gasteiger partial charge in [-0.2, -0.15) is 0 Å². The van der Waals surface area contributed by atoms with Gasteiger partial charge in [0.15, 0.2) is 0 Å². The summed E-state index contributed by atoms with van der Waals surface area (Å²) in [5, 5.41) is 11.4. The molecule has 0 fully saturated rings. The number of nitrogens with zero attached hydrogens (tertiary/aromatic N) is 3. The Morgan fingerprint density at radius 3 is 2.55 bits per heavy atom. The van der Waals surface area contributed by atoms with Crippen LogP contribution in [0.2, 0.25) is 0 Å². The lowest BCUT2D eigenvalue weighted by atomic mass is 10.1. The maximum Gasteiger partial charge on any atom is 0.251 e. The summed E-state index contributed by atoms with van der Waals surface area (Å²) in [5.74, 6) is 0.685. The van der Waals surface area contributed by atoms with Crippen LogP contribution in [-0.4, -0.2) is 27.5 Å². The molecule has 0 radical (unpaired) electrons. The van der Waals surface area contributed by atoms with Crippen molar-refractivity contribution in [3.63, 3.8) is 0 Å². The van der Waals surface area contributed by atoms with Crippen LogP contribution in [0.15, 0.2) is 72.8 Å². The molecule has 6 nitrogen and oxygen atoms in total. The first-order valence-electron chi connectivity index (χ1n) is 9.60. The van der Waals surface area contributed by atoms with E-state index < -0.39 is 0 Å². The number of carbonyl (C=O) groups excluding carboxylic acids is 1. The molecule has 4 aromatic rings. The van der Waals surface area contributed by atoms with Crippen molar-refractivity contribution < 1.29 is 9.53 Å². The molecule has 0 aliphatic heterocycles. The van der Waals surface area contributed by atoms with Gasteiger partial charge in [-0.3, -0.25) is 4.79 Å². The van der Waals surface area contributed by atoms with Crippen LogP contribution in [0.3, 0.4) is 0 Å². The molecule has 1 aromatic heterocycles. The lowest BCUT2D eigenvalue weighted by molar-refractivity contribution is 0.0951. The lowest BCUT2D eigenvalue weighted by Crippen LogP contribution is -2.22. The number of amides is 1. The molecular formula is C23H22N4O2. The minimum absolute atomic E-state index is 0.140. The summed E-state index contributed by atoms with van der Waals surface area (Å²) < 4.78 is 7.27. The quantitative estimate of drug-likeness (QED) is 0.524. The lowest BCUT2D eigenvalue weighted by Gasteiger charge is -2.07. The summed E-state index contributed by atoms with van der Waals surface area (Å²) in [4.78, 5) is 12.5. The molecule has 4 rings (SSSR count). The number of nitrogens with one attached hydrogen (secondary N) is 1. The Morgan fingerprint density at radius 2 is 1.79 bits per heavy atom. The molecule has 0 unspecified atom stereocenters. The van der Waals surface area contributed by atoms with Gasteiger partial charge >= 0.3 is 0 Å². The highest BCUT2D eigenvalue weighted by Gasteiger charge is 2.10. The summed E-state index contributed by atoms with van der Waals surface area (Å²) in [6, 6.07) is 23.3. The molecule has 6 heteroatoms. The third-order valence-corrected chi connectivity index (χ3v) is 4.64. The van der Waals surface area contributed by atoms with E-state index in [4.69, 9.17) is 4.74 Å². The zero-order valence-electron chi connectivity index (χ0n) is 16.2. The Hall–Kier alpha value is -3.67. The van der Waals surface area contributed by atoms with Crippen molar-refractivity contribution in [2.24, 2.45) is 0 Å². The van der Waals surface area contributed by atoms with E-state index in [1.165, 1.54) is 0 Å². The summed E-state index contributed by atoms with van der Waals surface area (Å²) in [6.45, 7) is 3.67. The second-order valence-corrected chi connectivity index (χ2v) is 6.70. The van der Waals surface area contributed by atoms with Gasteiger partial charge in [0.1, 0.15) is 11.3 Å². The molecule has 0 spiro atoms. The number of fused-ring (bicyclic) bond motifs is 1. The fraction of sp³-hybridized carbons (Fsp3) is 0.174. The predicted octanol–water partition coefficient (Wildman–Crippen LogP) is 3.81. The van der Waals surface area contributed by atoms with Gasteiger partial charge in [-0.05, 0) is 48.4 Å². The maximum atomic E-state index is 12.5. The van der Waals surface area contributed by atoms with E-state index in [-0.39, 0.29) is 5.91 Å². The topological polar surface area (TPSA) is 69.0 Å². The Bertz CT molecular complexity index is 1100. The van der Waals surface area contributed by atoms with E-state index in [2.05, 4.69) is 27.8 Å². The largest absolute Gasteiger partial charge is 0.494 e. The number of rotatable bonds is 7. The van der Waals surface area contributed by atoms with E-state index >= 15 is 0 Å². The van der Waals surface area contributed by atoms with Crippen LogP contribution in [0.4, 0.5) is 0 Å². The van der Waals surface area contributed by atoms with E-state index in [0.717, 1.165) is 22.4 Å². The Balaban J connectivity index is 1.43. The van der Waals surface area contributed by atoms with Crippen molar-refractivity contribution in [1.82, 2.24) is 20.3 Å². The van der Waals surface area contributed by atoms with Crippen molar-refractivity contribution in [2.45, 2.75) is 20.0 Å². The molecule has 29 heavy (non-hydrogen) atoms. The van der Waals surface area contributed by atoms with Crippen molar-refractivity contribution in [2.75, 3.05) is 6.61 Å².